The van der Waals surface area contributed by atoms with E-state index >= 15 is 0 Å². The van der Waals surface area contributed by atoms with E-state index in [4.69, 9.17) is 0 Å². The number of anilines is 1. The first-order chi connectivity index (χ1) is 9.08. The van der Waals surface area contributed by atoms with E-state index in [0.717, 1.165) is 5.56 Å². The third-order valence-electron chi connectivity index (χ3n) is 2.73. The van der Waals surface area contributed by atoms with Crippen molar-refractivity contribution in [3.8, 4) is 0 Å². The minimum atomic E-state index is -0.410. The molecule has 1 atom stereocenters. The molecule has 0 fully saturated rings. The van der Waals surface area contributed by atoms with Crippen molar-refractivity contribution in [1.82, 2.24) is 4.98 Å². The van der Waals surface area contributed by atoms with Gasteiger partial charge in [-0.25, -0.2) is 0 Å². The van der Waals surface area contributed by atoms with Gasteiger partial charge in [-0.05, 0) is 52.7 Å². The zero-order valence-electron chi connectivity index (χ0n) is 10.2. The molecule has 0 spiro atoms. The molecule has 0 radical (unpaired) electrons. The summed E-state index contributed by atoms with van der Waals surface area (Å²) in [6.45, 7) is 1.99. The molecule has 1 aromatic heterocycles. The van der Waals surface area contributed by atoms with E-state index in [-0.39, 0.29) is 11.7 Å². The van der Waals surface area contributed by atoms with Gasteiger partial charge in [0.15, 0.2) is 0 Å². The lowest BCUT2D eigenvalue weighted by Crippen LogP contribution is -2.06. The number of hydrogen-bond acceptors (Lipinski definition) is 4. The molecular weight excluding hydrogens is 310 g/mol. The largest absolute Gasteiger partial charge is 0.378 e. The van der Waals surface area contributed by atoms with Gasteiger partial charge in [0.1, 0.15) is 0 Å². The minimum Gasteiger partial charge on any atom is -0.378 e. The van der Waals surface area contributed by atoms with Crippen LogP contribution in [0.3, 0.4) is 0 Å². The number of halogens is 1. The van der Waals surface area contributed by atoms with Gasteiger partial charge in [0.25, 0.3) is 5.69 Å². The number of benzene rings is 1. The molecule has 0 saturated carbocycles. The van der Waals surface area contributed by atoms with Gasteiger partial charge >= 0.3 is 0 Å². The average Bonchev–Trinajstić information content (AvgIpc) is 2.41. The van der Waals surface area contributed by atoms with Gasteiger partial charge in [0, 0.05) is 30.2 Å². The van der Waals surface area contributed by atoms with Crippen LogP contribution in [0.2, 0.25) is 0 Å². The topological polar surface area (TPSA) is 68.1 Å². The second-order valence-electron chi connectivity index (χ2n) is 4.07. The van der Waals surface area contributed by atoms with Gasteiger partial charge in [-0.1, -0.05) is 0 Å². The Morgan fingerprint density at radius 3 is 2.63 bits per heavy atom. The molecule has 0 bridgehead atoms. The number of rotatable bonds is 4. The Hall–Kier alpha value is -1.95. The highest BCUT2D eigenvalue weighted by molar-refractivity contribution is 9.10. The monoisotopic (exact) mass is 321 g/mol. The number of nitro benzene ring substituents is 1. The van der Waals surface area contributed by atoms with E-state index in [2.05, 4.69) is 26.2 Å². The highest BCUT2D eigenvalue weighted by Gasteiger charge is 2.13. The molecule has 0 aliphatic heterocycles. The zero-order chi connectivity index (χ0) is 13.8. The van der Waals surface area contributed by atoms with Crippen LogP contribution >= 0.6 is 15.9 Å². The molecule has 98 valence electrons. The van der Waals surface area contributed by atoms with Crippen LogP contribution < -0.4 is 5.32 Å². The Balaban J connectivity index is 2.20. The summed E-state index contributed by atoms with van der Waals surface area (Å²) in [5.74, 6) is 0. The molecule has 1 N–H and O–H groups in total. The number of pyridine rings is 1. The van der Waals surface area contributed by atoms with Crippen molar-refractivity contribution in [1.29, 1.82) is 0 Å². The van der Waals surface area contributed by atoms with Crippen molar-refractivity contribution in [2.75, 3.05) is 5.32 Å². The molecule has 1 unspecified atom stereocenters. The summed E-state index contributed by atoms with van der Waals surface area (Å²) in [5, 5.41) is 14.1. The lowest BCUT2D eigenvalue weighted by atomic mass is 10.1. The van der Waals surface area contributed by atoms with Crippen LogP contribution in [-0.2, 0) is 0 Å². The minimum absolute atomic E-state index is 0.0452. The normalized spacial score (nSPS) is 11.9. The Morgan fingerprint density at radius 2 is 2.00 bits per heavy atom. The molecule has 0 aliphatic carbocycles. The average molecular weight is 322 g/mol. The van der Waals surface area contributed by atoms with Crippen molar-refractivity contribution in [3.63, 3.8) is 0 Å². The number of nitro groups is 1. The third-order valence-corrected chi connectivity index (χ3v) is 3.40. The molecule has 2 aromatic rings. The standard InChI is InChI=1S/C13H12BrN3O2/c1-9(10-4-6-15-7-5-10)16-11-2-3-12(14)13(8-11)17(18)19/h2-9,16H,1H3. The lowest BCUT2D eigenvalue weighted by Gasteiger charge is -2.15. The van der Waals surface area contributed by atoms with E-state index in [9.17, 15) is 10.1 Å². The van der Waals surface area contributed by atoms with Crippen molar-refractivity contribution >= 4 is 27.3 Å². The number of nitrogens with zero attached hydrogens (tertiary/aromatic N) is 2. The fraction of sp³-hybridized carbons (Fsp3) is 0.154. The van der Waals surface area contributed by atoms with Crippen LogP contribution in [0.15, 0.2) is 47.2 Å². The van der Waals surface area contributed by atoms with Gasteiger partial charge in [-0.15, -0.1) is 0 Å². The molecule has 2 rings (SSSR count). The smallest absolute Gasteiger partial charge is 0.285 e. The van der Waals surface area contributed by atoms with Gasteiger partial charge in [0.2, 0.25) is 0 Å². The Morgan fingerprint density at radius 1 is 1.32 bits per heavy atom. The molecular formula is C13H12BrN3O2. The van der Waals surface area contributed by atoms with Crippen LogP contribution in [0, 0.1) is 10.1 Å². The molecule has 1 heterocycles. The Bertz CT molecular complexity index is 590. The van der Waals surface area contributed by atoms with Gasteiger partial charge < -0.3 is 5.32 Å². The Labute approximate surface area is 119 Å². The van der Waals surface area contributed by atoms with Crippen LogP contribution in [0.1, 0.15) is 18.5 Å². The molecule has 1 aromatic carbocycles. The summed E-state index contributed by atoms with van der Waals surface area (Å²) in [4.78, 5) is 14.4. The molecule has 5 nitrogen and oxygen atoms in total. The molecule has 0 aliphatic rings. The first-order valence-electron chi connectivity index (χ1n) is 5.68. The SMILES string of the molecule is CC(Nc1ccc(Br)c([N+](=O)[O-])c1)c1ccncc1. The first-order valence-corrected chi connectivity index (χ1v) is 6.47. The summed E-state index contributed by atoms with van der Waals surface area (Å²) in [6, 6.07) is 8.84. The highest BCUT2D eigenvalue weighted by Crippen LogP contribution is 2.29. The van der Waals surface area contributed by atoms with E-state index in [1.54, 1.807) is 24.5 Å². The second-order valence-corrected chi connectivity index (χ2v) is 4.92. The maximum atomic E-state index is 10.9. The van der Waals surface area contributed by atoms with E-state index in [0.29, 0.717) is 10.2 Å². The quantitative estimate of drug-likeness (QED) is 0.684. The fourth-order valence-electron chi connectivity index (χ4n) is 1.73. The predicted molar refractivity (Wildman–Crippen MR) is 77.1 cm³/mol. The van der Waals surface area contributed by atoms with Crippen LogP contribution in [-0.4, -0.2) is 9.91 Å². The van der Waals surface area contributed by atoms with Crippen molar-refractivity contribution in [3.05, 3.63) is 62.9 Å². The van der Waals surface area contributed by atoms with Crippen LogP contribution in [0.4, 0.5) is 11.4 Å². The van der Waals surface area contributed by atoms with Gasteiger partial charge in [0.05, 0.1) is 9.40 Å². The van der Waals surface area contributed by atoms with E-state index in [1.807, 2.05) is 19.1 Å². The van der Waals surface area contributed by atoms with Crippen molar-refractivity contribution in [2.24, 2.45) is 0 Å². The van der Waals surface area contributed by atoms with E-state index in [1.165, 1.54) is 6.07 Å². The van der Waals surface area contributed by atoms with E-state index < -0.39 is 4.92 Å². The Kier molecular flexibility index (Phi) is 4.11. The number of nitrogens with one attached hydrogen (secondary N) is 1. The summed E-state index contributed by atoms with van der Waals surface area (Å²) >= 11 is 3.16. The molecule has 19 heavy (non-hydrogen) atoms. The summed E-state index contributed by atoms with van der Waals surface area (Å²) < 4.78 is 0.472. The molecule has 6 heteroatoms. The highest BCUT2D eigenvalue weighted by atomic mass is 79.9. The van der Waals surface area contributed by atoms with Gasteiger partial charge in [-0.2, -0.15) is 0 Å². The summed E-state index contributed by atoms with van der Waals surface area (Å²) in [7, 11) is 0. The number of aromatic nitrogens is 1. The predicted octanol–water partition coefficient (Wildman–Crippen LogP) is 3.93. The maximum Gasteiger partial charge on any atom is 0.285 e. The zero-order valence-corrected chi connectivity index (χ0v) is 11.8. The maximum absolute atomic E-state index is 10.9. The third kappa shape index (κ3) is 3.29. The summed E-state index contributed by atoms with van der Waals surface area (Å²) in [6.07, 6.45) is 3.44. The lowest BCUT2D eigenvalue weighted by molar-refractivity contribution is -0.385. The van der Waals surface area contributed by atoms with Gasteiger partial charge in [-0.3, -0.25) is 15.1 Å². The van der Waals surface area contributed by atoms with Crippen molar-refractivity contribution in [2.45, 2.75) is 13.0 Å². The van der Waals surface area contributed by atoms with Crippen LogP contribution in [0.25, 0.3) is 0 Å². The first kappa shape index (κ1) is 13.5. The van der Waals surface area contributed by atoms with Crippen molar-refractivity contribution < 1.29 is 4.92 Å². The second kappa shape index (κ2) is 5.79. The molecule has 0 amide bonds. The summed E-state index contributed by atoms with van der Waals surface area (Å²) in [5.41, 5.74) is 1.83. The molecule has 0 saturated heterocycles. The number of hydrogen-bond donors (Lipinski definition) is 1. The fourth-order valence-corrected chi connectivity index (χ4v) is 2.12. The van der Waals surface area contributed by atoms with Crippen LogP contribution in [0.5, 0.6) is 0 Å².